The van der Waals surface area contributed by atoms with Gasteiger partial charge in [-0.2, -0.15) is 0 Å². The molecule has 0 unspecified atom stereocenters. The number of hydrogen-bond acceptors (Lipinski definition) is 4. The molecule has 0 saturated carbocycles. The van der Waals surface area contributed by atoms with Crippen molar-refractivity contribution in [3.8, 4) is 5.75 Å². The monoisotopic (exact) mass is 293 g/mol. The fraction of sp³-hybridized carbons (Fsp3) is 0.400. The van der Waals surface area contributed by atoms with Gasteiger partial charge in [-0.3, -0.25) is 0 Å². The zero-order valence-corrected chi connectivity index (χ0v) is 12.1. The van der Waals surface area contributed by atoms with Crippen LogP contribution >= 0.6 is 11.6 Å². The number of esters is 1. The van der Waals surface area contributed by atoms with Gasteiger partial charge in [0.15, 0.2) is 0 Å². The highest BCUT2D eigenvalue weighted by atomic mass is 35.5. The van der Waals surface area contributed by atoms with Gasteiger partial charge in [0, 0.05) is 22.4 Å². The number of anilines is 1. The third-order valence-electron chi connectivity index (χ3n) is 4.10. The number of fused-ring (bicyclic) bond motifs is 3. The summed E-state index contributed by atoms with van der Waals surface area (Å²) >= 11 is 6.35. The second-order valence-electron chi connectivity index (χ2n) is 5.04. The summed E-state index contributed by atoms with van der Waals surface area (Å²) < 4.78 is 10.3. The molecular formula is C15H16ClNO3. The number of hydrogen-bond donors (Lipinski definition) is 1. The first-order valence-corrected chi connectivity index (χ1v) is 6.92. The highest BCUT2D eigenvalue weighted by Crippen LogP contribution is 2.50. The van der Waals surface area contributed by atoms with Gasteiger partial charge in [-0.15, -0.1) is 0 Å². The standard InChI is InChI=1S/C15H16ClNO3/c1-19-11-7-6-10(16)12-8-4-3-5-9(8)13(15(18)20-2)17-14(11)12/h3-4,6-9,13,17H,5H2,1-2H3/t8-,9+,13-/m0/s1. The molecule has 1 N–H and O–H groups in total. The number of methoxy groups -OCH3 is 2. The summed E-state index contributed by atoms with van der Waals surface area (Å²) in [5.74, 6) is 0.700. The van der Waals surface area contributed by atoms with Crippen molar-refractivity contribution in [2.75, 3.05) is 19.5 Å². The van der Waals surface area contributed by atoms with E-state index in [0.717, 1.165) is 17.7 Å². The molecule has 20 heavy (non-hydrogen) atoms. The maximum absolute atomic E-state index is 12.0. The molecule has 5 heteroatoms. The minimum atomic E-state index is -0.375. The molecule has 1 aromatic rings. The van der Waals surface area contributed by atoms with Crippen LogP contribution < -0.4 is 10.1 Å². The molecule has 0 aromatic heterocycles. The van der Waals surface area contributed by atoms with Crippen molar-refractivity contribution in [1.82, 2.24) is 0 Å². The molecule has 1 aliphatic heterocycles. The van der Waals surface area contributed by atoms with Crippen molar-refractivity contribution >= 4 is 23.3 Å². The van der Waals surface area contributed by atoms with Crippen LogP contribution in [0.5, 0.6) is 5.75 Å². The Morgan fingerprint density at radius 2 is 2.20 bits per heavy atom. The van der Waals surface area contributed by atoms with Gasteiger partial charge in [-0.25, -0.2) is 4.79 Å². The quantitative estimate of drug-likeness (QED) is 0.673. The summed E-state index contributed by atoms with van der Waals surface area (Å²) in [7, 11) is 3.01. The lowest BCUT2D eigenvalue weighted by Gasteiger charge is -2.36. The summed E-state index contributed by atoms with van der Waals surface area (Å²) in [6, 6.07) is 3.27. The van der Waals surface area contributed by atoms with Crippen molar-refractivity contribution in [3.63, 3.8) is 0 Å². The Hall–Kier alpha value is -1.68. The Labute approximate surface area is 122 Å². The minimum absolute atomic E-state index is 0.123. The van der Waals surface area contributed by atoms with E-state index < -0.39 is 0 Å². The number of rotatable bonds is 2. The van der Waals surface area contributed by atoms with Gasteiger partial charge in [0.2, 0.25) is 0 Å². The summed E-state index contributed by atoms with van der Waals surface area (Å²) in [5.41, 5.74) is 1.80. The van der Waals surface area contributed by atoms with Gasteiger partial charge in [0.05, 0.1) is 19.9 Å². The first-order valence-electron chi connectivity index (χ1n) is 6.54. The predicted octanol–water partition coefficient (Wildman–Crippen LogP) is 2.98. The third kappa shape index (κ3) is 1.86. The van der Waals surface area contributed by atoms with Crippen LogP contribution in [0.3, 0.4) is 0 Å². The average Bonchev–Trinajstić information content (AvgIpc) is 2.95. The Kier molecular flexibility index (Phi) is 3.34. The zero-order chi connectivity index (χ0) is 14.3. The third-order valence-corrected chi connectivity index (χ3v) is 4.43. The van der Waals surface area contributed by atoms with E-state index in [1.807, 2.05) is 12.1 Å². The lowest BCUT2D eigenvalue weighted by atomic mass is 9.79. The number of allylic oxidation sites excluding steroid dienone is 2. The molecule has 1 aromatic carbocycles. The lowest BCUT2D eigenvalue weighted by Crippen LogP contribution is -2.42. The second kappa shape index (κ2) is 5.02. The van der Waals surface area contributed by atoms with Crippen molar-refractivity contribution in [2.45, 2.75) is 18.4 Å². The summed E-state index contributed by atoms with van der Waals surface area (Å²) in [4.78, 5) is 12.0. The smallest absolute Gasteiger partial charge is 0.328 e. The number of ether oxygens (including phenoxy) is 2. The summed E-state index contributed by atoms with van der Waals surface area (Å²) in [6.45, 7) is 0. The Balaban J connectivity index is 2.13. The molecular weight excluding hydrogens is 278 g/mol. The Morgan fingerprint density at radius 1 is 1.40 bits per heavy atom. The predicted molar refractivity (Wildman–Crippen MR) is 77.4 cm³/mol. The van der Waals surface area contributed by atoms with E-state index in [4.69, 9.17) is 21.1 Å². The van der Waals surface area contributed by atoms with Crippen LogP contribution in [-0.4, -0.2) is 26.2 Å². The molecule has 3 rings (SSSR count). The van der Waals surface area contributed by atoms with Crippen molar-refractivity contribution in [1.29, 1.82) is 0 Å². The molecule has 0 saturated heterocycles. The largest absolute Gasteiger partial charge is 0.495 e. The molecule has 0 spiro atoms. The van der Waals surface area contributed by atoms with E-state index in [-0.39, 0.29) is 23.8 Å². The van der Waals surface area contributed by atoms with Gasteiger partial charge < -0.3 is 14.8 Å². The van der Waals surface area contributed by atoms with Crippen LogP contribution in [0.2, 0.25) is 5.02 Å². The number of nitrogens with one attached hydrogen (secondary N) is 1. The van der Waals surface area contributed by atoms with Gasteiger partial charge in [0.25, 0.3) is 0 Å². The topological polar surface area (TPSA) is 47.6 Å². The number of carbonyl (C=O) groups excluding carboxylic acids is 1. The number of benzene rings is 1. The molecule has 106 valence electrons. The molecule has 2 aliphatic rings. The first kappa shape index (κ1) is 13.3. The van der Waals surface area contributed by atoms with Gasteiger partial charge in [-0.05, 0) is 18.6 Å². The second-order valence-corrected chi connectivity index (χ2v) is 5.44. The Morgan fingerprint density at radius 3 is 2.90 bits per heavy atom. The summed E-state index contributed by atoms with van der Waals surface area (Å²) in [5, 5.41) is 3.95. The molecule has 4 nitrogen and oxygen atoms in total. The van der Waals surface area contributed by atoms with E-state index in [2.05, 4.69) is 17.5 Å². The molecule has 0 bridgehead atoms. The minimum Gasteiger partial charge on any atom is -0.495 e. The van der Waals surface area contributed by atoms with Crippen LogP contribution in [0.1, 0.15) is 17.9 Å². The van der Waals surface area contributed by atoms with E-state index >= 15 is 0 Å². The maximum Gasteiger partial charge on any atom is 0.328 e. The van der Waals surface area contributed by atoms with E-state index in [1.54, 1.807) is 7.11 Å². The maximum atomic E-state index is 12.0. The van der Waals surface area contributed by atoms with Gasteiger partial charge >= 0.3 is 5.97 Å². The van der Waals surface area contributed by atoms with Crippen molar-refractivity contribution < 1.29 is 14.3 Å². The molecule has 3 atom stereocenters. The van der Waals surface area contributed by atoms with Crippen LogP contribution in [0.4, 0.5) is 5.69 Å². The molecule has 0 amide bonds. The molecule has 0 radical (unpaired) electrons. The molecule has 0 fully saturated rings. The molecule has 1 aliphatic carbocycles. The van der Waals surface area contributed by atoms with Crippen LogP contribution in [0, 0.1) is 5.92 Å². The zero-order valence-electron chi connectivity index (χ0n) is 11.4. The van der Waals surface area contributed by atoms with E-state index in [0.29, 0.717) is 10.8 Å². The normalized spacial score (nSPS) is 26.4. The first-order chi connectivity index (χ1) is 9.67. The highest BCUT2D eigenvalue weighted by molar-refractivity contribution is 6.32. The van der Waals surface area contributed by atoms with Crippen LogP contribution in [0.15, 0.2) is 24.3 Å². The lowest BCUT2D eigenvalue weighted by molar-refractivity contribution is -0.142. The molecule has 1 heterocycles. The van der Waals surface area contributed by atoms with Crippen molar-refractivity contribution in [2.24, 2.45) is 5.92 Å². The van der Waals surface area contributed by atoms with E-state index in [1.165, 1.54) is 7.11 Å². The fourth-order valence-electron chi connectivity index (χ4n) is 3.17. The highest BCUT2D eigenvalue weighted by Gasteiger charge is 2.43. The summed E-state index contributed by atoms with van der Waals surface area (Å²) in [6.07, 6.45) is 5.05. The van der Waals surface area contributed by atoms with Crippen molar-refractivity contribution in [3.05, 3.63) is 34.9 Å². The number of halogens is 1. The van der Waals surface area contributed by atoms with Crippen LogP contribution in [0.25, 0.3) is 0 Å². The van der Waals surface area contributed by atoms with Crippen LogP contribution in [-0.2, 0) is 9.53 Å². The number of carbonyl (C=O) groups is 1. The average molecular weight is 294 g/mol. The fourth-order valence-corrected chi connectivity index (χ4v) is 3.45. The Bertz CT molecular complexity index is 585. The van der Waals surface area contributed by atoms with E-state index in [9.17, 15) is 4.79 Å². The van der Waals surface area contributed by atoms with Gasteiger partial charge in [0.1, 0.15) is 11.8 Å². The SMILES string of the molecule is COC(=O)[C@H]1Nc2c(OC)ccc(Cl)c2[C@H]2C=CC[C@@H]12. The van der Waals surface area contributed by atoms with Gasteiger partial charge in [-0.1, -0.05) is 23.8 Å².